The van der Waals surface area contributed by atoms with Crippen molar-refractivity contribution in [3.8, 4) is 0 Å². The Morgan fingerprint density at radius 3 is 3.08 bits per heavy atom. The van der Waals surface area contributed by atoms with Crippen LogP contribution >= 0.6 is 11.8 Å². The van der Waals surface area contributed by atoms with Crippen LogP contribution in [0.1, 0.15) is 12.5 Å². The second-order valence-electron chi connectivity index (χ2n) is 2.87. The number of thioether (sulfide) groups is 1. The van der Waals surface area contributed by atoms with Gasteiger partial charge in [-0.3, -0.25) is 0 Å². The molecule has 0 radical (unpaired) electrons. The Hall–Kier alpha value is -0.410. The Morgan fingerprint density at radius 2 is 2.50 bits per heavy atom. The maximum atomic E-state index is 4.96. The largest absolute Gasteiger partial charge is 0.472 e. The van der Waals surface area contributed by atoms with Crippen LogP contribution < -0.4 is 5.32 Å². The molecule has 0 fully saturated rings. The number of nitrogens with one attached hydrogen (secondary N) is 1. The molecule has 0 spiro atoms. The number of furan rings is 1. The molecule has 1 atom stereocenters. The van der Waals surface area contributed by atoms with E-state index >= 15 is 0 Å². The van der Waals surface area contributed by atoms with Crippen molar-refractivity contribution in [1.29, 1.82) is 0 Å². The van der Waals surface area contributed by atoms with Crippen LogP contribution in [-0.4, -0.2) is 18.1 Å². The van der Waals surface area contributed by atoms with Crippen molar-refractivity contribution in [1.82, 2.24) is 5.32 Å². The lowest BCUT2D eigenvalue weighted by atomic mass is 10.3. The first-order valence-corrected chi connectivity index (χ1v) is 5.45. The van der Waals surface area contributed by atoms with Crippen LogP contribution in [0.5, 0.6) is 0 Å². The van der Waals surface area contributed by atoms with Gasteiger partial charge in [0.05, 0.1) is 12.5 Å². The first-order valence-electron chi connectivity index (χ1n) is 4.06. The normalized spacial score (nSPS) is 13.2. The molecule has 1 aromatic rings. The van der Waals surface area contributed by atoms with Gasteiger partial charge in [-0.05, 0) is 19.2 Å². The Morgan fingerprint density at radius 1 is 1.67 bits per heavy atom. The minimum atomic E-state index is 0.565. The summed E-state index contributed by atoms with van der Waals surface area (Å²) >= 11 is 1.86. The van der Waals surface area contributed by atoms with Gasteiger partial charge in [-0.25, -0.2) is 0 Å². The van der Waals surface area contributed by atoms with Gasteiger partial charge in [0, 0.05) is 23.9 Å². The summed E-state index contributed by atoms with van der Waals surface area (Å²) in [4.78, 5) is 0. The summed E-state index contributed by atoms with van der Waals surface area (Å²) in [7, 11) is 0. The molecule has 3 heteroatoms. The first-order chi connectivity index (χ1) is 5.83. The second-order valence-corrected chi connectivity index (χ2v) is 3.78. The van der Waals surface area contributed by atoms with E-state index < -0.39 is 0 Å². The molecule has 68 valence electrons. The van der Waals surface area contributed by atoms with Crippen LogP contribution in [-0.2, 0) is 6.54 Å². The van der Waals surface area contributed by atoms with E-state index in [1.54, 1.807) is 12.5 Å². The molecule has 0 amide bonds. The Labute approximate surface area is 77.7 Å². The van der Waals surface area contributed by atoms with Gasteiger partial charge in [0.25, 0.3) is 0 Å². The van der Waals surface area contributed by atoms with Crippen LogP contribution in [0.4, 0.5) is 0 Å². The lowest BCUT2D eigenvalue weighted by Gasteiger charge is -2.10. The van der Waals surface area contributed by atoms with E-state index in [0.717, 1.165) is 12.3 Å². The third kappa shape index (κ3) is 3.32. The van der Waals surface area contributed by atoms with Gasteiger partial charge in [-0.15, -0.1) is 0 Å². The predicted molar refractivity (Wildman–Crippen MR) is 53.4 cm³/mol. The van der Waals surface area contributed by atoms with Crippen LogP contribution in [0.25, 0.3) is 0 Å². The number of hydrogen-bond acceptors (Lipinski definition) is 3. The van der Waals surface area contributed by atoms with Gasteiger partial charge in [-0.1, -0.05) is 0 Å². The minimum Gasteiger partial charge on any atom is -0.472 e. The average molecular weight is 185 g/mol. The molecule has 0 aliphatic carbocycles. The van der Waals surface area contributed by atoms with E-state index in [0.29, 0.717) is 6.04 Å². The summed E-state index contributed by atoms with van der Waals surface area (Å²) in [6.07, 6.45) is 5.60. The molecule has 0 saturated carbocycles. The van der Waals surface area contributed by atoms with E-state index in [4.69, 9.17) is 4.42 Å². The van der Waals surface area contributed by atoms with Crippen molar-refractivity contribution >= 4 is 11.8 Å². The molecule has 0 bridgehead atoms. The minimum absolute atomic E-state index is 0.565. The third-order valence-corrected chi connectivity index (χ3v) is 2.48. The third-order valence-electron chi connectivity index (χ3n) is 1.65. The zero-order valence-electron chi connectivity index (χ0n) is 7.54. The molecule has 2 nitrogen and oxygen atoms in total. The number of rotatable bonds is 5. The quantitative estimate of drug-likeness (QED) is 0.760. The highest BCUT2D eigenvalue weighted by molar-refractivity contribution is 7.98. The van der Waals surface area contributed by atoms with Crippen molar-refractivity contribution < 1.29 is 4.42 Å². The molecule has 0 saturated heterocycles. The fourth-order valence-electron chi connectivity index (χ4n) is 0.994. The molecule has 1 rings (SSSR count). The lowest BCUT2D eigenvalue weighted by Crippen LogP contribution is -2.27. The zero-order valence-corrected chi connectivity index (χ0v) is 8.36. The highest BCUT2D eigenvalue weighted by atomic mass is 32.2. The van der Waals surface area contributed by atoms with Gasteiger partial charge in [0.15, 0.2) is 0 Å². The molecular weight excluding hydrogens is 170 g/mol. The molecule has 1 unspecified atom stereocenters. The summed E-state index contributed by atoms with van der Waals surface area (Å²) in [6, 6.07) is 2.55. The topological polar surface area (TPSA) is 25.2 Å². The van der Waals surface area contributed by atoms with E-state index in [-0.39, 0.29) is 0 Å². The fourth-order valence-corrected chi connectivity index (χ4v) is 1.61. The summed E-state index contributed by atoms with van der Waals surface area (Å²) < 4.78 is 4.96. The van der Waals surface area contributed by atoms with E-state index in [9.17, 15) is 0 Å². The van der Waals surface area contributed by atoms with Gasteiger partial charge in [0.2, 0.25) is 0 Å². The SMILES string of the molecule is CSCC(C)NCc1ccoc1. The summed E-state index contributed by atoms with van der Waals surface area (Å²) in [5.41, 5.74) is 1.21. The van der Waals surface area contributed by atoms with Crippen LogP contribution in [0.2, 0.25) is 0 Å². The molecule has 1 N–H and O–H groups in total. The maximum Gasteiger partial charge on any atom is 0.0947 e. The van der Waals surface area contributed by atoms with Gasteiger partial charge >= 0.3 is 0 Å². The monoisotopic (exact) mass is 185 g/mol. The van der Waals surface area contributed by atoms with Gasteiger partial charge in [0.1, 0.15) is 0 Å². The molecule has 12 heavy (non-hydrogen) atoms. The molecule has 0 aliphatic rings. The first kappa shape index (κ1) is 9.68. The highest BCUT2D eigenvalue weighted by Gasteiger charge is 1.99. The Bertz CT molecular complexity index is 198. The zero-order chi connectivity index (χ0) is 8.81. The van der Waals surface area contributed by atoms with E-state index in [1.807, 2.05) is 17.8 Å². The molecule has 1 heterocycles. The Balaban J connectivity index is 2.17. The van der Waals surface area contributed by atoms with Crippen LogP contribution in [0, 0.1) is 0 Å². The summed E-state index contributed by atoms with van der Waals surface area (Å²) in [5.74, 6) is 1.15. The van der Waals surface area contributed by atoms with Crippen molar-refractivity contribution in [3.05, 3.63) is 24.2 Å². The van der Waals surface area contributed by atoms with Gasteiger partial charge in [-0.2, -0.15) is 11.8 Å². The van der Waals surface area contributed by atoms with Crippen molar-refractivity contribution in [2.45, 2.75) is 19.5 Å². The molecule has 0 aromatic carbocycles. The second kappa shape index (κ2) is 5.27. The van der Waals surface area contributed by atoms with Crippen molar-refractivity contribution in [3.63, 3.8) is 0 Å². The lowest BCUT2D eigenvalue weighted by molar-refractivity contribution is 0.553. The maximum absolute atomic E-state index is 4.96. The van der Waals surface area contributed by atoms with Crippen LogP contribution in [0.15, 0.2) is 23.0 Å². The smallest absolute Gasteiger partial charge is 0.0947 e. The standard InChI is InChI=1S/C9H15NOS/c1-8(7-12-2)10-5-9-3-4-11-6-9/h3-4,6,8,10H,5,7H2,1-2H3. The Kier molecular flexibility index (Phi) is 4.25. The molecular formula is C9H15NOS. The summed E-state index contributed by atoms with van der Waals surface area (Å²) in [5, 5.41) is 3.41. The van der Waals surface area contributed by atoms with Gasteiger partial charge < -0.3 is 9.73 Å². The van der Waals surface area contributed by atoms with Crippen molar-refractivity contribution in [2.75, 3.05) is 12.0 Å². The van der Waals surface area contributed by atoms with Crippen molar-refractivity contribution in [2.24, 2.45) is 0 Å². The molecule has 0 aliphatic heterocycles. The molecule has 1 aromatic heterocycles. The number of hydrogen-bond donors (Lipinski definition) is 1. The summed E-state index contributed by atoms with van der Waals surface area (Å²) in [6.45, 7) is 3.09. The average Bonchev–Trinajstić information content (AvgIpc) is 2.53. The van der Waals surface area contributed by atoms with E-state index in [2.05, 4.69) is 18.5 Å². The van der Waals surface area contributed by atoms with Crippen LogP contribution in [0.3, 0.4) is 0 Å². The predicted octanol–water partition coefficient (Wildman–Crippen LogP) is 2.12. The van der Waals surface area contributed by atoms with E-state index in [1.165, 1.54) is 5.56 Å². The highest BCUT2D eigenvalue weighted by Crippen LogP contribution is 2.01. The fraction of sp³-hybridized carbons (Fsp3) is 0.556.